The zero-order chi connectivity index (χ0) is 17.8. The Hall–Kier alpha value is -1.28. The van der Waals surface area contributed by atoms with E-state index in [-0.39, 0.29) is 5.54 Å². The second-order valence-electron chi connectivity index (χ2n) is 7.55. The molecule has 2 aromatic rings. The molecule has 0 unspecified atom stereocenters. The number of ether oxygens (including phenoxy) is 1. The van der Waals surface area contributed by atoms with Crippen LogP contribution in [0, 0.1) is 0 Å². The van der Waals surface area contributed by atoms with Crippen LogP contribution in [0.1, 0.15) is 38.0 Å². The molecule has 0 bridgehead atoms. The second-order valence-corrected chi connectivity index (χ2v) is 8.49. The lowest BCUT2D eigenvalue weighted by atomic mass is 9.79. The van der Waals surface area contributed by atoms with Gasteiger partial charge in [-0.3, -0.25) is 9.80 Å². The van der Waals surface area contributed by atoms with E-state index >= 15 is 0 Å². The molecule has 142 valence electrons. The summed E-state index contributed by atoms with van der Waals surface area (Å²) in [7, 11) is 2.17. The molecule has 0 aromatic carbocycles. The summed E-state index contributed by atoms with van der Waals surface area (Å²) < 4.78 is 11.1. The van der Waals surface area contributed by atoms with E-state index in [0.29, 0.717) is 18.3 Å². The lowest BCUT2D eigenvalue weighted by Crippen LogP contribution is -2.59. The average molecular weight is 377 g/mol. The highest BCUT2D eigenvalue weighted by Gasteiger charge is 2.39. The van der Waals surface area contributed by atoms with E-state index in [2.05, 4.69) is 27.0 Å². The van der Waals surface area contributed by atoms with E-state index in [1.54, 1.807) is 11.3 Å². The molecule has 6 nitrogen and oxygen atoms in total. The Labute approximate surface area is 159 Å². The highest BCUT2D eigenvalue weighted by Crippen LogP contribution is 2.35. The third kappa shape index (κ3) is 4.01. The van der Waals surface area contributed by atoms with Gasteiger partial charge in [0.2, 0.25) is 11.7 Å². The monoisotopic (exact) mass is 376 g/mol. The fourth-order valence-corrected chi connectivity index (χ4v) is 5.09. The fraction of sp³-hybridized carbons (Fsp3) is 0.684. The smallest absolute Gasteiger partial charge is 0.241 e. The van der Waals surface area contributed by atoms with Gasteiger partial charge in [0.25, 0.3) is 0 Å². The first-order chi connectivity index (χ1) is 12.8. The van der Waals surface area contributed by atoms with Crippen LogP contribution in [-0.4, -0.2) is 65.4 Å². The highest BCUT2D eigenvalue weighted by molar-refractivity contribution is 7.13. The van der Waals surface area contributed by atoms with Crippen LogP contribution in [0.3, 0.4) is 0 Å². The number of hydrogen-bond donors (Lipinski definition) is 0. The van der Waals surface area contributed by atoms with Gasteiger partial charge in [0.1, 0.15) is 0 Å². The minimum atomic E-state index is 0.271. The van der Waals surface area contributed by atoms with E-state index in [0.717, 1.165) is 37.7 Å². The fourth-order valence-electron chi connectivity index (χ4n) is 4.44. The Morgan fingerprint density at radius 3 is 2.77 bits per heavy atom. The number of thiophene rings is 1. The van der Waals surface area contributed by atoms with Gasteiger partial charge in [-0.1, -0.05) is 30.5 Å². The molecule has 2 fully saturated rings. The summed E-state index contributed by atoms with van der Waals surface area (Å²) in [6.07, 6.45) is 6.58. The molecular formula is C19H28N4O2S. The first kappa shape index (κ1) is 18.1. The number of hydrogen-bond acceptors (Lipinski definition) is 7. The summed E-state index contributed by atoms with van der Waals surface area (Å²) in [5.74, 6) is 1.40. The van der Waals surface area contributed by atoms with Crippen LogP contribution in [0.4, 0.5) is 0 Å². The molecule has 0 N–H and O–H groups in total. The van der Waals surface area contributed by atoms with Crippen LogP contribution in [0.15, 0.2) is 22.0 Å². The van der Waals surface area contributed by atoms with Gasteiger partial charge in [0.05, 0.1) is 24.6 Å². The molecule has 4 rings (SSSR count). The quantitative estimate of drug-likeness (QED) is 0.771. The molecule has 1 saturated heterocycles. The topological polar surface area (TPSA) is 54.6 Å². The number of nitrogens with zero attached hydrogens (tertiary/aromatic N) is 4. The zero-order valence-corrected chi connectivity index (χ0v) is 16.3. The predicted octanol–water partition coefficient (Wildman–Crippen LogP) is 3.27. The Balaban J connectivity index is 1.42. The number of morpholine rings is 1. The Bertz CT molecular complexity index is 676. The standard InChI is InChI=1S/C19H28N4O2S/c1-22(14-17-20-18(21-25-17)16-6-5-13-26-16)15-19(7-3-2-4-8-19)23-9-11-24-12-10-23/h5-6,13H,2-4,7-12,14-15H2,1H3. The third-order valence-corrected chi connectivity index (χ3v) is 6.51. The molecule has 0 atom stereocenters. The Kier molecular flexibility index (Phi) is 5.69. The normalized spacial score (nSPS) is 21.3. The van der Waals surface area contributed by atoms with Crippen LogP contribution in [0.2, 0.25) is 0 Å². The molecule has 0 spiro atoms. The van der Waals surface area contributed by atoms with Crippen LogP contribution in [0.5, 0.6) is 0 Å². The Morgan fingerprint density at radius 2 is 2.04 bits per heavy atom. The molecule has 26 heavy (non-hydrogen) atoms. The molecule has 0 radical (unpaired) electrons. The third-order valence-electron chi connectivity index (χ3n) is 5.65. The van der Waals surface area contributed by atoms with Gasteiger partial charge in [0.15, 0.2) is 0 Å². The Morgan fingerprint density at radius 1 is 1.23 bits per heavy atom. The molecule has 1 aliphatic heterocycles. The van der Waals surface area contributed by atoms with E-state index in [1.165, 1.54) is 32.1 Å². The van der Waals surface area contributed by atoms with Crippen LogP contribution in [-0.2, 0) is 11.3 Å². The van der Waals surface area contributed by atoms with Crippen LogP contribution < -0.4 is 0 Å². The van der Waals surface area contributed by atoms with Gasteiger partial charge in [-0.15, -0.1) is 11.3 Å². The summed E-state index contributed by atoms with van der Waals surface area (Å²) >= 11 is 1.64. The number of aromatic nitrogens is 2. The summed E-state index contributed by atoms with van der Waals surface area (Å²) in [4.78, 5) is 10.7. The van der Waals surface area contributed by atoms with Gasteiger partial charge < -0.3 is 9.26 Å². The number of likely N-dealkylation sites (N-methyl/N-ethyl adjacent to an activating group) is 1. The molecule has 1 saturated carbocycles. The van der Waals surface area contributed by atoms with Gasteiger partial charge in [-0.2, -0.15) is 4.98 Å². The minimum absolute atomic E-state index is 0.271. The molecule has 7 heteroatoms. The highest BCUT2D eigenvalue weighted by atomic mass is 32.1. The summed E-state index contributed by atoms with van der Waals surface area (Å²) in [5.41, 5.74) is 0.271. The zero-order valence-electron chi connectivity index (χ0n) is 15.5. The summed E-state index contributed by atoms with van der Waals surface area (Å²) in [6.45, 7) is 5.57. The minimum Gasteiger partial charge on any atom is -0.379 e. The lowest BCUT2D eigenvalue weighted by Gasteiger charge is -2.49. The van der Waals surface area contributed by atoms with Crippen molar-refractivity contribution in [3.63, 3.8) is 0 Å². The van der Waals surface area contributed by atoms with Crippen molar-refractivity contribution in [2.45, 2.75) is 44.2 Å². The maximum Gasteiger partial charge on any atom is 0.241 e. The van der Waals surface area contributed by atoms with Gasteiger partial charge >= 0.3 is 0 Å². The molecule has 2 aromatic heterocycles. The first-order valence-electron chi connectivity index (χ1n) is 9.63. The van der Waals surface area contributed by atoms with Crippen molar-refractivity contribution in [1.82, 2.24) is 19.9 Å². The predicted molar refractivity (Wildman–Crippen MR) is 102 cm³/mol. The molecular weight excluding hydrogens is 348 g/mol. The van der Waals surface area contributed by atoms with Crippen molar-refractivity contribution < 1.29 is 9.26 Å². The van der Waals surface area contributed by atoms with Crippen LogP contribution in [0.25, 0.3) is 10.7 Å². The van der Waals surface area contributed by atoms with Crippen LogP contribution >= 0.6 is 11.3 Å². The molecule has 0 amide bonds. The van der Waals surface area contributed by atoms with Crippen molar-refractivity contribution in [3.8, 4) is 10.7 Å². The van der Waals surface area contributed by atoms with Crippen molar-refractivity contribution >= 4 is 11.3 Å². The number of rotatable bonds is 6. The summed E-state index contributed by atoms with van der Waals surface area (Å²) in [6, 6.07) is 4.04. The maximum atomic E-state index is 5.59. The maximum absolute atomic E-state index is 5.59. The first-order valence-corrected chi connectivity index (χ1v) is 10.5. The van der Waals surface area contributed by atoms with E-state index in [4.69, 9.17) is 9.26 Å². The van der Waals surface area contributed by atoms with Gasteiger partial charge in [-0.25, -0.2) is 0 Å². The SMILES string of the molecule is CN(Cc1nc(-c2cccs2)no1)CC1(N2CCOCC2)CCCCC1. The van der Waals surface area contributed by atoms with E-state index < -0.39 is 0 Å². The van der Waals surface area contributed by atoms with Gasteiger partial charge in [-0.05, 0) is 31.3 Å². The van der Waals surface area contributed by atoms with Crippen molar-refractivity contribution in [1.29, 1.82) is 0 Å². The van der Waals surface area contributed by atoms with Crippen molar-refractivity contribution in [2.24, 2.45) is 0 Å². The lowest BCUT2D eigenvalue weighted by molar-refractivity contribution is -0.0497. The molecule has 1 aliphatic carbocycles. The second kappa shape index (κ2) is 8.17. The summed E-state index contributed by atoms with van der Waals surface area (Å²) in [5, 5.41) is 6.17. The molecule has 2 aliphatic rings. The average Bonchev–Trinajstić information content (AvgIpc) is 3.35. The van der Waals surface area contributed by atoms with Gasteiger partial charge in [0, 0.05) is 25.2 Å². The molecule has 3 heterocycles. The van der Waals surface area contributed by atoms with Crippen molar-refractivity contribution in [3.05, 3.63) is 23.4 Å². The van der Waals surface area contributed by atoms with E-state index in [9.17, 15) is 0 Å². The van der Waals surface area contributed by atoms with Crippen molar-refractivity contribution in [2.75, 3.05) is 39.9 Å². The van der Waals surface area contributed by atoms with E-state index in [1.807, 2.05) is 17.5 Å². The largest absolute Gasteiger partial charge is 0.379 e.